The summed E-state index contributed by atoms with van der Waals surface area (Å²) in [7, 11) is 0. The van der Waals surface area contributed by atoms with Crippen LogP contribution in [0, 0.1) is 0 Å². The number of nitrogens with zero attached hydrogens (tertiary/aromatic N) is 4. The molecule has 0 bridgehead atoms. The van der Waals surface area contributed by atoms with E-state index in [2.05, 4.69) is 15.0 Å². The van der Waals surface area contributed by atoms with E-state index < -0.39 is 0 Å². The first-order chi connectivity index (χ1) is 10.8. The number of hydrogen-bond acceptors (Lipinski definition) is 2. The summed E-state index contributed by atoms with van der Waals surface area (Å²) in [6.45, 7) is 2.63. The van der Waals surface area contributed by atoms with Crippen LogP contribution >= 0.6 is 0 Å². The van der Waals surface area contributed by atoms with Crippen LogP contribution in [0.2, 0.25) is 0 Å². The molecular weight excluding hydrogens is 274 g/mol. The Morgan fingerprint density at radius 1 is 1.09 bits per heavy atom. The molecule has 5 nitrogen and oxygen atoms in total. The summed E-state index contributed by atoms with van der Waals surface area (Å²) in [5, 5.41) is 4.38. The Morgan fingerprint density at radius 2 is 1.82 bits per heavy atom. The van der Waals surface area contributed by atoms with Crippen molar-refractivity contribution >= 4 is 5.96 Å². The lowest BCUT2D eigenvalue weighted by atomic mass is 10.2. The van der Waals surface area contributed by atoms with Gasteiger partial charge in [-0.3, -0.25) is 0 Å². The van der Waals surface area contributed by atoms with Gasteiger partial charge in [0, 0.05) is 24.8 Å². The SMILES string of the molecule is NC(=NCc1cnn(-c2ccccc2)c1)N1CCCCCC1. The topological polar surface area (TPSA) is 59.4 Å². The molecule has 2 N–H and O–H groups in total. The molecule has 1 fully saturated rings. The minimum absolute atomic E-state index is 0.579. The highest BCUT2D eigenvalue weighted by atomic mass is 15.3. The zero-order valence-corrected chi connectivity index (χ0v) is 12.9. The van der Waals surface area contributed by atoms with E-state index in [1.54, 1.807) is 0 Å². The molecule has 22 heavy (non-hydrogen) atoms. The Kier molecular flexibility index (Phi) is 4.73. The molecule has 5 heteroatoms. The van der Waals surface area contributed by atoms with Gasteiger partial charge in [-0.05, 0) is 25.0 Å². The standard InChI is InChI=1S/C17H23N5/c18-17(21-10-6-1-2-7-11-21)19-12-15-13-20-22(14-15)16-8-4-3-5-9-16/h3-5,8-9,13-14H,1-2,6-7,10-12H2,(H2,18,19). The van der Waals surface area contributed by atoms with Crippen LogP contribution in [0.25, 0.3) is 5.69 Å². The van der Waals surface area contributed by atoms with Gasteiger partial charge in [-0.25, -0.2) is 9.67 Å². The van der Waals surface area contributed by atoms with Crippen LogP contribution in [0.4, 0.5) is 0 Å². The molecule has 0 aliphatic carbocycles. The maximum absolute atomic E-state index is 6.13. The van der Waals surface area contributed by atoms with E-state index in [0.29, 0.717) is 12.5 Å². The van der Waals surface area contributed by atoms with Gasteiger partial charge in [-0.2, -0.15) is 5.10 Å². The fourth-order valence-corrected chi connectivity index (χ4v) is 2.74. The minimum Gasteiger partial charge on any atom is -0.370 e. The van der Waals surface area contributed by atoms with E-state index in [1.807, 2.05) is 47.4 Å². The van der Waals surface area contributed by atoms with Gasteiger partial charge in [0.15, 0.2) is 5.96 Å². The monoisotopic (exact) mass is 297 g/mol. The molecule has 116 valence electrons. The van der Waals surface area contributed by atoms with Crippen molar-refractivity contribution in [2.45, 2.75) is 32.2 Å². The van der Waals surface area contributed by atoms with Crippen molar-refractivity contribution in [1.29, 1.82) is 0 Å². The average Bonchev–Trinajstić information content (AvgIpc) is 2.87. The predicted molar refractivity (Wildman–Crippen MR) is 88.9 cm³/mol. The van der Waals surface area contributed by atoms with Crippen molar-refractivity contribution < 1.29 is 0 Å². The number of benzene rings is 1. The predicted octanol–water partition coefficient (Wildman–Crippen LogP) is 2.56. The molecule has 2 aromatic rings. The number of hydrogen-bond donors (Lipinski definition) is 1. The lowest BCUT2D eigenvalue weighted by molar-refractivity contribution is 0.428. The Bertz CT molecular complexity index is 609. The van der Waals surface area contributed by atoms with Gasteiger partial charge >= 0.3 is 0 Å². The van der Waals surface area contributed by atoms with Crippen molar-refractivity contribution in [3.8, 4) is 5.69 Å². The fourth-order valence-electron chi connectivity index (χ4n) is 2.74. The van der Waals surface area contributed by atoms with Crippen molar-refractivity contribution in [1.82, 2.24) is 14.7 Å². The lowest BCUT2D eigenvalue weighted by Crippen LogP contribution is -2.38. The number of rotatable bonds is 3. The largest absolute Gasteiger partial charge is 0.370 e. The van der Waals surface area contributed by atoms with Crippen LogP contribution in [-0.2, 0) is 6.54 Å². The summed E-state index contributed by atoms with van der Waals surface area (Å²) in [5.41, 5.74) is 8.26. The van der Waals surface area contributed by atoms with Crippen LogP contribution in [0.1, 0.15) is 31.2 Å². The molecule has 1 saturated heterocycles. The summed E-state index contributed by atoms with van der Waals surface area (Å²) in [6.07, 6.45) is 8.88. The third-order valence-electron chi connectivity index (χ3n) is 4.01. The lowest BCUT2D eigenvalue weighted by Gasteiger charge is -2.20. The highest BCUT2D eigenvalue weighted by Crippen LogP contribution is 2.11. The summed E-state index contributed by atoms with van der Waals surface area (Å²) in [5.74, 6) is 0.661. The van der Waals surface area contributed by atoms with E-state index in [-0.39, 0.29) is 0 Å². The molecule has 0 spiro atoms. The Labute approximate surface area is 131 Å². The maximum atomic E-state index is 6.13. The third kappa shape index (κ3) is 3.67. The first-order valence-corrected chi connectivity index (χ1v) is 7.97. The molecular formula is C17H23N5. The summed E-state index contributed by atoms with van der Waals surface area (Å²) in [6, 6.07) is 10.1. The van der Waals surface area contributed by atoms with E-state index in [1.165, 1.54) is 25.7 Å². The van der Waals surface area contributed by atoms with Gasteiger partial charge in [-0.15, -0.1) is 0 Å². The summed E-state index contributed by atoms with van der Waals surface area (Å²) >= 11 is 0. The molecule has 3 rings (SSSR count). The molecule has 2 heterocycles. The Hall–Kier alpha value is -2.30. The number of aromatic nitrogens is 2. The second kappa shape index (κ2) is 7.11. The Balaban J connectivity index is 1.63. The van der Waals surface area contributed by atoms with Gasteiger partial charge in [-0.1, -0.05) is 31.0 Å². The summed E-state index contributed by atoms with van der Waals surface area (Å²) in [4.78, 5) is 6.74. The molecule has 1 aliphatic rings. The Morgan fingerprint density at radius 3 is 2.55 bits per heavy atom. The number of aliphatic imine (C=N–C) groups is 1. The van der Waals surface area contributed by atoms with Crippen LogP contribution in [-0.4, -0.2) is 33.7 Å². The van der Waals surface area contributed by atoms with Gasteiger partial charge in [0.2, 0.25) is 0 Å². The van der Waals surface area contributed by atoms with Crippen LogP contribution in [0.5, 0.6) is 0 Å². The number of para-hydroxylation sites is 1. The van der Waals surface area contributed by atoms with Crippen LogP contribution < -0.4 is 5.73 Å². The number of likely N-dealkylation sites (tertiary alicyclic amines) is 1. The van der Waals surface area contributed by atoms with Gasteiger partial charge in [0.25, 0.3) is 0 Å². The maximum Gasteiger partial charge on any atom is 0.191 e. The normalized spacial score (nSPS) is 16.5. The van der Waals surface area contributed by atoms with E-state index in [4.69, 9.17) is 5.73 Å². The molecule has 1 aromatic heterocycles. The molecule has 0 atom stereocenters. The quantitative estimate of drug-likeness (QED) is 0.699. The van der Waals surface area contributed by atoms with Gasteiger partial charge < -0.3 is 10.6 Å². The van der Waals surface area contributed by atoms with Gasteiger partial charge in [0.05, 0.1) is 18.4 Å². The van der Waals surface area contributed by atoms with Crippen molar-refractivity contribution in [2.75, 3.05) is 13.1 Å². The molecule has 1 aliphatic heterocycles. The zero-order valence-electron chi connectivity index (χ0n) is 12.9. The highest BCUT2D eigenvalue weighted by molar-refractivity contribution is 5.78. The van der Waals surface area contributed by atoms with Crippen LogP contribution in [0.3, 0.4) is 0 Å². The molecule has 0 saturated carbocycles. The highest BCUT2D eigenvalue weighted by Gasteiger charge is 2.10. The minimum atomic E-state index is 0.579. The fraction of sp³-hybridized carbons (Fsp3) is 0.412. The third-order valence-corrected chi connectivity index (χ3v) is 4.01. The van der Waals surface area contributed by atoms with Crippen molar-refractivity contribution in [3.63, 3.8) is 0 Å². The first-order valence-electron chi connectivity index (χ1n) is 7.97. The van der Waals surface area contributed by atoms with Gasteiger partial charge in [0.1, 0.15) is 0 Å². The second-order valence-electron chi connectivity index (χ2n) is 5.70. The van der Waals surface area contributed by atoms with E-state index in [9.17, 15) is 0 Å². The molecule has 0 unspecified atom stereocenters. The zero-order chi connectivity index (χ0) is 15.2. The number of guanidine groups is 1. The number of nitrogens with two attached hydrogens (primary N) is 1. The summed E-state index contributed by atoms with van der Waals surface area (Å²) < 4.78 is 1.87. The smallest absolute Gasteiger partial charge is 0.191 e. The first kappa shape index (κ1) is 14.6. The van der Waals surface area contributed by atoms with E-state index in [0.717, 1.165) is 24.3 Å². The van der Waals surface area contributed by atoms with Crippen molar-refractivity contribution in [2.24, 2.45) is 10.7 Å². The molecule has 0 radical (unpaired) electrons. The molecule has 0 amide bonds. The van der Waals surface area contributed by atoms with Crippen molar-refractivity contribution in [3.05, 3.63) is 48.3 Å². The van der Waals surface area contributed by atoms with E-state index >= 15 is 0 Å². The second-order valence-corrected chi connectivity index (χ2v) is 5.70. The molecule has 1 aromatic carbocycles. The average molecular weight is 297 g/mol. The van der Waals surface area contributed by atoms with Crippen LogP contribution in [0.15, 0.2) is 47.7 Å².